The van der Waals surface area contributed by atoms with E-state index < -0.39 is 0 Å². The third-order valence-corrected chi connectivity index (χ3v) is 2.23. The van der Waals surface area contributed by atoms with Crippen LogP contribution in [0, 0.1) is 0 Å². The lowest BCUT2D eigenvalue weighted by molar-refractivity contribution is 0.0796. The number of hydrogen-bond acceptors (Lipinski definition) is 4. The number of aromatic nitrogens is 2. The molecule has 16 heavy (non-hydrogen) atoms. The average Bonchev–Trinajstić information content (AvgIpc) is 2.34. The van der Waals surface area contributed by atoms with Gasteiger partial charge in [-0.15, -0.1) is 0 Å². The number of anilines is 1. The van der Waals surface area contributed by atoms with Crippen LogP contribution in [-0.2, 0) is 0 Å². The first kappa shape index (κ1) is 12.4. The summed E-state index contributed by atoms with van der Waals surface area (Å²) in [7, 11) is 1.75. The molecule has 0 aromatic carbocycles. The van der Waals surface area contributed by atoms with Crippen molar-refractivity contribution in [2.24, 2.45) is 0 Å². The number of nitrogens with one attached hydrogen (secondary N) is 1. The second kappa shape index (κ2) is 6.05. The third kappa shape index (κ3) is 3.18. The minimum atomic E-state index is -0.102. The largest absolute Gasteiger partial charge is 0.369 e. The zero-order valence-electron chi connectivity index (χ0n) is 10.0. The summed E-state index contributed by atoms with van der Waals surface area (Å²) in [5.74, 6) is 0.548. The topological polar surface area (TPSA) is 58.1 Å². The molecule has 1 rings (SSSR count). The zero-order valence-corrected chi connectivity index (χ0v) is 10.0. The van der Waals surface area contributed by atoms with Crippen molar-refractivity contribution in [3.8, 4) is 0 Å². The van der Waals surface area contributed by atoms with Crippen LogP contribution in [0.5, 0.6) is 0 Å². The molecule has 0 fully saturated rings. The molecule has 0 unspecified atom stereocenters. The lowest BCUT2D eigenvalue weighted by Gasteiger charge is -2.13. The van der Waals surface area contributed by atoms with E-state index in [0.717, 1.165) is 13.0 Å². The smallest absolute Gasteiger partial charge is 0.273 e. The van der Waals surface area contributed by atoms with Gasteiger partial charge in [0.25, 0.3) is 5.91 Å². The first-order valence-electron chi connectivity index (χ1n) is 5.50. The SMILES string of the molecule is CCCNc1cncc(C(=O)N(C)CC)n1. The van der Waals surface area contributed by atoms with E-state index >= 15 is 0 Å². The second-order valence-corrected chi connectivity index (χ2v) is 3.54. The molecule has 0 atom stereocenters. The number of carbonyl (C=O) groups is 1. The van der Waals surface area contributed by atoms with Gasteiger partial charge in [0.2, 0.25) is 0 Å². The van der Waals surface area contributed by atoms with Gasteiger partial charge in [-0.1, -0.05) is 6.92 Å². The molecule has 0 aliphatic carbocycles. The highest BCUT2D eigenvalue weighted by atomic mass is 16.2. The van der Waals surface area contributed by atoms with Crippen molar-refractivity contribution in [3.63, 3.8) is 0 Å². The molecule has 0 saturated heterocycles. The fraction of sp³-hybridized carbons (Fsp3) is 0.545. The predicted molar refractivity (Wildman–Crippen MR) is 63.4 cm³/mol. The number of nitrogens with zero attached hydrogens (tertiary/aromatic N) is 3. The minimum absolute atomic E-state index is 0.102. The van der Waals surface area contributed by atoms with E-state index in [1.54, 1.807) is 18.1 Å². The number of carbonyl (C=O) groups excluding carboxylic acids is 1. The minimum Gasteiger partial charge on any atom is -0.369 e. The summed E-state index contributed by atoms with van der Waals surface area (Å²) in [6, 6.07) is 0. The molecule has 0 aliphatic heterocycles. The molecular weight excluding hydrogens is 204 g/mol. The van der Waals surface area contributed by atoms with E-state index in [0.29, 0.717) is 18.1 Å². The fourth-order valence-corrected chi connectivity index (χ4v) is 1.15. The monoisotopic (exact) mass is 222 g/mol. The summed E-state index contributed by atoms with van der Waals surface area (Å²) in [6.45, 7) is 5.48. The van der Waals surface area contributed by atoms with Crippen LogP contribution < -0.4 is 5.32 Å². The van der Waals surface area contributed by atoms with Gasteiger partial charge in [-0.25, -0.2) is 4.98 Å². The Morgan fingerprint density at radius 2 is 2.19 bits per heavy atom. The van der Waals surface area contributed by atoms with Crippen molar-refractivity contribution in [1.29, 1.82) is 0 Å². The summed E-state index contributed by atoms with van der Waals surface area (Å²) < 4.78 is 0. The Labute approximate surface area is 95.9 Å². The Morgan fingerprint density at radius 3 is 2.81 bits per heavy atom. The van der Waals surface area contributed by atoms with Crippen LogP contribution in [0.1, 0.15) is 30.8 Å². The summed E-state index contributed by atoms with van der Waals surface area (Å²) in [5.41, 5.74) is 0.380. The quantitative estimate of drug-likeness (QED) is 0.818. The van der Waals surface area contributed by atoms with Crippen molar-refractivity contribution >= 4 is 11.7 Å². The highest BCUT2D eigenvalue weighted by Gasteiger charge is 2.12. The molecule has 0 radical (unpaired) electrons. The molecule has 88 valence electrons. The van der Waals surface area contributed by atoms with E-state index in [1.165, 1.54) is 6.20 Å². The molecule has 0 saturated carbocycles. The Balaban J connectivity index is 2.77. The molecule has 5 nitrogen and oxygen atoms in total. The van der Waals surface area contributed by atoms with Crippen molar-refractivity contribution in [2.75, 3.05) is 25.5 Å². The van der Waals surface area contributed by atoms with Gasteiger partial charge < -0.3 is 10.2 Å². The van der Waals surface area contributed by atoms with Gasteiger partial charge >= 0.3 is 0 Å². The fourth-order valence-electron chi connectivity index (χ4n) is 1.15. The Hall–Kier alpha value is -1.65. The second-order valence-electron chi connectivity index (χ2n) is 3.54. The van der Waals surface area contributed by atoms with Crippen LogP contribution in [0.25, 0.3) is 0 Å². The zero-order chi connectivity index (χ0) is 12.0. The van der Waals surface area contributed by atoms with Gasteiger partial charge in [-0.05, 0) is 13.3 Å². The molecule has 1 aromatic heterocycles. The van der Waals surface area contributed by atoms with Crippen LogP contribution in [0.15, 0.2) is 12.4 Å². The van der Waals surface area contributed by atoms with Crippen LogP contribution in [-0.4, -0.2) is 40.9 Å². The first-order chi connectivity index (χ1) is 7.69. The van der Waals surface area contributed by atoms with Crippen molar-refractivity contribution in [1.82, 2.24) is 14.9 Å². The molecular formula is C11H18N4O. The molecule has 0 bridgehead atoms. The summed E-state index contributed by atoms with van der Waals surface area (Å²) in [5, 5.41) is 3.10. The standard InChI is InChI=1S/C11H18N4O/c1-4-6-13-10-8-12-7-9(14-10)11(16)15(3)5-2/h7-8H,4-6H2,1-3H3,(H,13,14). The van der Waals surface area contributed by atoms with Gasteiger partial charge in [-0.3, -0.25) is 9.78 Å². The highest BCUT2D eigenvalue weighted by Crippen LogP contribution is 2.04. The molecule has 1 heterocycles. The lowest BCUT2D eigenvalue weighted by Crippen LogP contribution is -2.27. The van der Waals surface area contributed by atoms with Gasteiger partial charge in [0.15, 0.2) is 0 Å². The van der Waals surface area contributed by atoms with Crippen molar-refractivity contribution < 1.29 is 4.79 Å². The van der Waals surface area contributed by atoms with Crippen LogP contribution in [0.4, 0.5) is 5.82 Å². The lowest BCUT2D eigenvalue weighted by atomic mass is 10.4. The Kier molecular flexibility index (Phi) is 4.69. The van der Waals surface area contributed by atoms with Crippen LogP contribution in [0.2, 0.25) is 0 Å². The first-order valence-corrected chi connectivity index (χ1v) is 5.50. The van der Waals surface area contributed by atoms with E-state index in [9.17, 15) is 4.79 Å². The Bertz CT molecular complexity index is 354. The maximum absolute atomic E-state index is 11.8. The van der Waals surface area contributed by atoms with Crippen LogP contribution in [0.3, 0.4) is 0 Å². The van der Waals surface area contributed by atoms with Gasteiger partial charge in [-0.2, -0.15) is 0 Å². The average molecular weight is 222 g/mol. The van der Waals surface area contributed by atoms with Gasteiger partial charge in [0.1, 0.15) is 11.5 Å². The van der Waals surface area contributed by atoms with Crippen molar-refractivity contribution in [3.05, 3.63) is 18.1 Å². The molecule has 5 heteroatoms. The molecule has 0 aliphatic rings. The van der Waals surface area contributed by atoms with E-state index in [2.05, 4.69) is 22.2 Å². The van der Waals surface area contributed by atoms with E-state index in [4.69, 9.17) is 0 Å². The molecule has 0 spiro atoms. The molecule has 1 amide bonds. The number of amides is 1. The predicted octanol–water partition coefficient (Wildman–Crippen LogP) is 1.39. The maximum Gasteiger partial charge on any atom is 0.273 e. The van der Waals surface area contributed by atoms with E-state index in [-0.39, 0.29) is 5.91 Å². The molecule has 1 N–H and O–H groups in total. The summed E-state index contributed by atoms with van der Waals surface area (Å²) >= 11 is 0. The number of rotatable bonds is 5. The summed E-state index contributed by atoms with van der Waals surface area (Å²) in [6.07, 6.45) is 4.12. The van der Waals surface area contributed by atoms with Crippen molar-refractivity contribution in [2.45, 2.75) is 20.3 Å². The number of hydrogen-bond donors (Lipinski definition) is 1. The summed E-state index contributed by atoms with van der Waals surface area (Å²) in [4.78, 5) is 21.6. The van der Waals surface area contributed by atoms with E-state index in [1.807, 2.05) is 6.92 Å². The maximum atomic E-state index is 11.8. The third-order valence-electron chi connectivity index (χ3n) is 2.23. The van der Waals surface area contributed by atoms with Crippen LogP contribution >= 0.6 is 0 Å². The van der Waals surface area contributed by atoms with Gasteiger partial charge in [0, 0.05) is 20.1 Å². The highest BCUT2D eigenvalue weighted by molar-refractivity contribution is 5.92. The normalized spacial score (nSPS) is 9.94. The Morgan fingerprint density at radius 1 is 1.44 bits per heavy atom. The molecule has 1 aromatic rings. The van der Waals surface area contributed by atoms with Gasteiger partial charge in [0.05, 0.1) is 12.4 Å².